The second-order valence-electron chi connectivity index (χ2n) is 3.31. The average Bonchev–Trinajstić information content (AvgIpc) is 2.13. The van der Waals surface area contributed by atoms with Crippen LogP contribution in [0.15, 0.2) is 11.6 Å². The van der Waals surface area contributed by atoms with Gasteiger partial charge in [-0.25, -0.2) is 0 Å². The Labute approximate surface area is 58.0 Å². The molecule has 1 fully saturated rings. The zero-order valence-corrected chi connectivity index (χ0v) is 6.65. The zero-order valence-electron chi connectivity index (χ0n) is 6.65. The molecule has 0 spiro atoms. The molecule has 0 aromatic rings. The summed E-state index contributed by atoms with van der Waals surface area (Å²) in [5.74, 6) is 1.85. The van der Waals surface area contributed by atoms with Crippen molar-refractivity contribution in [3.63, 3.8) is 0 Å². The van der Waals surface area contributed by atoms with Gasteiger partial charge in [0, 0.05) is 0 Å². The first kappa shape index (κ1) is 6.85. The monoisotopic (exact) mass is 124 g/mol. The van der Waals surface area contributed by atoms with E-state index in [4.69, 9.17) is 0 Å². The molecule has 0 aromatic heterocycles. The molecule has 0 heteroatoms. The summed E-state index contributed by atoms with van der Waals surface area (Å²) in [6.07, 6.45) is 4.97. The van der Waals surface area contributed by atoms with Crippen molar-refractivity contribution in [3.05, 3.63) is 11.6 Å². The third-order valence-corrected chi connectivity index (χ3v) is 2.55. The minimum atomic E-state index is 0.927. The second kappa shape index (κ2) is 2.55. The normalized spacial score (nSPS) is 35.2. The van der Waals surface area contributed by atoms with Crippen molar-refractivity contribution in [2.24, 2.45) is 11.8 Å². The number of hydrogen-bond donors (Lipinski definition) is 0. The quantitative estimate of drug-likeness (QED) is 0.435. The van der Waals surface area contributed by atoms with Gasteiger partial charge in [0.1, 0.15) is 0 Å². The molecule has 0 unspecified atom stereocenters. The van der Waals surface area contributed by atoms with Crippen LogP contribution in [0.2, 0.25) is 0 Å². The fourth-order valence-electron chi connectivity index (χ4n) is 1.55. The smallest absolute Gasteiger partial charge is 0.0292 e. The van der Waals surface area contributed by atoms with Gasteiger partial charge in [0.2, 0.25) is 0 Å². The number of hydrogen-bond acceptors (Lipinski definition) is 0. The van der Waals surface area contributed by atoms with E-state index < -0.39 is 0 Å². The third-order valence-electron chi connectivity index (χ3n) is 2.55. The SMILES string of the molecule is CC=C1C[C@@H](C)[C@H](C)C1. The molecule has 9 heavy (non-hydrogen) atoms. The molecule has 0 bridgehead atoms. The molecule has 0 saturated heterocycles. The minimum absolute atomic E-state index is 0.927. The van der Waals surface area contributed by atoms with Gasteiger partial charge in [-0.3, -0.25) is 0 Å². The lowest BCUT2D eigenvalue weighted by Gasteiger charge is -2.04. The molecule has 0 aromatic carbocycles. The summed E-state index contributed by atoms with van der Waals surface area (Å²) in [6.45, 7) is 6.85. The molecule has 2 atom stereocenters. The van der Waals surface area contributed by atoms with Gasteiger partial charge in [-0.05, 0) is 31.6 Å². The Morgan fingerprint density at radius 3 is 1.89 bits per heavy atom. The van der Waals surface area contributed by atoms with Gasteiger partial charge in [0.15, 0.2) is 0 Å². The van der Waals surface area contributed by atoms with E-state index in [0.717, 1.165) is 11.8 Å². The summed E-state index contributed by atoms with van der Waals surface area (Å²) < 4.78 is 0. The molecular weight excluding hydrogens is 108 g/mol. The molecule has 1 saturated carbocycles. The van der Waals surface area contributed by atoms with E-state index in [0.29, 0.717) is 0 Å². The van der Waals surface area contributed by atoms with E-state index in [1.165, 1.54) is 12.8 Å². The van der Waals surface area contributed by atoms with Crippen LogP contribution in [0.5, 0.6) is 0 Å². The standard InChI is InChI=1S/C9H16/c1-4-9-5-7(2)8(3)6-9/h4,7-8H,5-6H2,1-3H3/t7-,8-/m1/s1. The molecule has 1 aliphatic rings. The highest BCUT2D eigenvalue weighted by atomic mass is 14.3. The maximum absolute atomic E-state index is 2.35. The molecule has 1 aliphatic carbocycles. The van der Waals surface area contributed by atoms with Crippen LogP contribution in [0.4, 0.5) is 0 Å². The van der Waals surface area contributed by atoms with Gasteiger partial charge in [-0.15, -0.1) is 0 Å². The lowest BCUT2D eigenvalue weighted by atomic mass is 10.0. The highest BCUT2D eigenvalue weighted by Gasteiger charge is 2.21. The van der Waals surface area contributed by atoms with Crippen LogP contribution in [0.3, 0.4) is 0 Å². The highest BCUT2D eigenvalue weighted by molar-refractivity contribution is 5.08. The summed E-state index contributed by atoms with van der Waals surface area (Å²) in [7, 11) is 0. The Morgan fingerprint density at radius 1 is 1.22 bits per heavy atom. The van der Waals surface area contributed by atoms with Crippen LogP contribution in [0, 0.1) is 11.8 Å². The molecule has 0 amide bonds. The van der Waals surface area contributed by atoms with Crippen molar-refractivity contribution in [2.45, 2.75) is 33.6 Å². The van der Waals surface area contributed by atoms with E-state index >= 15 is 0 Å². The van der Waals surface area contributed by atoms with Crippen molar-refractivity contribution in [2.75, 3.05) is 0 Å². The van der Waals surface area contributed by atoms with Crippen LogP contribution >= 0.6 is 0 Å². The first-order valence-electron chi connectivity index (χ1n) is 3.88. The Morgan fingerprint density at radius 2 is 1.67 bits per heavy atom. The van der Waals surface area contributed by atoms with Crippen molar-refractivity contribution in [3.8, 4) is 0 Å². The van der Waals surface area contributed by atoms with Gasteiger partial charge in [-0.1, -0.05) is 25.5 Å². The van der Waals surface area contributed by atoms with Crippen molar-refractivity contribution < 1.29 is 0 Å². The Hall–Kier alpha value is -0.260. The fourth-order valence-corrected chi connectivity index (χ4v) is 1.55. The summed E-state index contributed by atoms with van der Waals surface area (Å²) in [4.78, 5) is 0. The summed E-state index contributed by atoms with van der Waals surface area (Å²) in [5.41, 5.74) is 1.66. The molecule has 0 radical (unpaired) electrons. The van der Waals surface area contributed by atoms with Gasteiger partial charge in [0.05, 0.1) is 0 Å². The molecule has 52 valence electrons. The average molecular weight is 124 g/mol. The number of rotatable bonds is 0. The van der Waals surface area contributed by atoms with Crippen molar-refractivity contribution >= 4 is 0 Å². The van der Waals surface area contributed by atoms with Crippen molar-refractivity contribution in [1.82, 2.24) is 0 Å². The van der Waals surface area contributed by atoms with Crippen LogP contribution in [-0.4, -0.2) is 0 Å². The molecule has 0 aliphatic heterocycles. The van der Waals surface area contributed by atoms with Gasteiger partial charge in [0.25, 0.3) is 0 Å². The van der Waals surface area contributed by atoms with Gasteiger partial charge >= 0.3 is 0 Å². The first-order valence-corrected chi connectivity index (χ1v) is 3.88. The zero-order chi connectivity index (χ0) is 6.85. The van der Waals surface area contributed by atoms with E-state index in [9.17, 15) is 0 Å². The first-order chi connectivity index (χ1) is 4.24. The van der Waals surface area contributed by atoms with Gasteiger partial charge < -0.3 is 0 Å². The van der Waals surface area contributed by atoms with Crippen LogP contribution in [0.25, 0.3) is 0 Å². The lowest BCUT2D eigenvalue weighted by molar-refractivity contribution is 0.457. The highest BCUT2D eigenvalue weighted by Crippen LogP contribution is 2.34. The maximum atomic E-state index is 2.35. The topological polar surface area (TPSA) is 0 Å². The van der Waals surface area contributed by atoms with E-state index in [2.05, 4.69) is 26.8 Å². The lowest BCUT2D eigenvalue weighted by Crippen LogP contribution is -1.95. The van der Waals surface area contributed by atoms with Gasteiger partial charge in [-0.2, -0.15) is 0 Å². The fraction of sp³-hybridized carbons (Fsp3) is 0.778. The van der Waals surface area contributed by atoms with E-state index in [1.807, 2.05) is 0 Å². The largest absolute Gasteiger partial charge is 0.0884 e. The van der Waals surface area contributed by atoms with E-state index in [-0.39, 0.29) is 0 Å². The maximum Gasteiger partial charge on any atom is -0.0292 e. The Kier molecular flexibility index (Phi) is 1.94. The predicted molar refractivity (Wildman–Crippen MR) is 41.3 cm³/mol. The molecule has 0 N–H and O–H groups in total. The molecule has 0 heterocycles. The van der Waals surface area contributed by atoms with Crippen molar-refractivity contribution in [1.29, 1.82) is 0 Å². The van der Waals surface area contributed by atoms with E-state index in [1.54, 1.807) is 5.57 Å². The Balaban J connectivity index is 2.54. The van der Waals surface area contributed by atoms with Crippen LogP contribution in [0.1, 0.15) is 33.6 Å². The molecule has 1 rings (SSSR count). The predicted octanol–water partition coefficient (Wildman–Crippen LogP) is 3.00. The molecular formula is C9H16. The number of allylic oxidation sites excluding steroid dienone is 2. The van der Waals surface area contributed by atoms with Crippen LogP contribution in [-0.2, 0) is 0 Å². The second-order valence-corrected chi connectivity index (χ2v) is 3.31. The molecule has 0 nitrogen and oxygen atoms in total. The Bertz CT molecular complexity index is 110. The van der Waals surface area contributed by atoms with Crippen LogP contribution < -0.4 is 0 Å². The minimum Gasteiger partial charge on any atom is -0.0884 e. The summed E-state index contributed by atoms with van der Waals surface area (Å²) in [5, 5.41) is 0. The summed E-state index contributed by atoms with van der Waals surface area (Å²) in [6, 6.07) is 0. The summed E-state index contributed by atoms with van der Waals surface area (Å²) >= 11 is 0. The third kappa shape index (κ3) is 1.35.